The minimum absolute atomic E-state index is 0.0915. The molecule has 5 heteroatoms. The highest BCUT2D eigenvalue weighted by atomic mass is 35.5. The van der Waals surface area contributed by atoms with Crippen molar-refractivity contribution in [1.82, 2.24) is 4.98 Å². The number of carboxylic acid groups (broad SMARTS) is 1. The van der Waals surface area contributed by atoms with Gasteiger partial charge in [0.25, 0.3) is 0 Å². The molecular formula is C8H8ClNO2S. The van der Waals surface area contributed by atoms with Crippen LogP contribution in [0.2, 0.25) is 5.15 Å². The Balaban J connectivity index is 2.41. The van der Waals surface area contributed by atoms with E-state index in [1.54, 1.807) is 12.1 Å². The number of nitrogens with zero attached hydrogens (tertiary/aromatic N) is 1. The maximum Gasteiger partial charge on any atom is 0.313 e. The van der Waals surface area contributed by atoms with Gasteiger partial charge in [-0.15, -0.1) is 11.8 Å². The van der Waals surface area contributed by atoms with Gasteiger partial charge in [-0.1, -0.05) is 17.7 Å². The Labute approximate surface area is 85.1 Å². The van der Waals surface area contributed by atoms with E-state index in [2.05, 4.69) is 4.98 Å². The molecule has 1 aromatic heterocycles. The fourth-order valence-corrected chi connectivity index (χ4v) is 1.60. The second-order valence-electron chi connectivity index (χ2n) is 2.34. The molecule has 0 unspecified atom stereocenters. The fourth-order valence-electron chi connectivity index (χ4n) is 0.774. The van der Waals surface area contributed by atoms with Gasteiger partial charge in [-0.25, -0.2) is 4.98 Å². The van der Waals surface area contributed by atoms with E-state index in [1.165, 1.54) is 11.8 Å². The Morgan fingerprint density at radius 2 is 2.38 bits per heavy atom. The average Bonchev–Trinajstić information content (AvgIpc) is 2.03. The fraction of sp³-hybridized carbons (Fsp3) is 0.250. The molecule has 0 aromatic carbocycles. The third-order valence-corrected chi connectivity index (χ3v) is 2.41. The number of carbonyl (C=O) groups is 1. The van der Waals surface area contributed by atoms with Gasteiger partial charge in [0.15, 0.2) is 0 Å². The first-order valence-electron chi connectivity index (χ1n) is 3.59. The third-order valence-electron chi connectivity index (χ3n) is 1.25. The van der Waals surface area contributed by atoms with Gasteiger partial charge in [-0.3, -0.25) is 4.79 Å². The summed E-state index contributed by atoms with van der Waals surface area (Å²) in [4.78, 5) is 14.2. The molecule has 13 heavy (non-hydrogen) atoms. The number of thioether (sulfide) groups is 1. The lowest BCUT2D eigenvalue weighted by Gasteiger charge is -1.98. The summed E-state index contributed by atoms with van der Waals surface area (Å²) >= 11 is 6.95. The third kappa shape index (κ3) is 4.15. The lowest BCUT2D eigenvalue weighted by atomic mass is 10.4. The van der Waals surface area contributed by atoms with Crippen molar-refractivity contribution in [1.29, 1.82) is 0 Å². The molecule has 0 aliphatic carbocycles. The zero-order valence-corrected chi connectivity index (χ0v) is 8.31. The second kappa shape index (κ2) is 5.09. The van der Waals surface area contributed by atoms with Crippen LogP contribution < -0.4 is 0 Å². The van der Waals surface area contributed by atoms with Crippen molar-refractivity contribution in [2.45, 2.75) is 5.75 Å². The number of aromatic nitrogens is 1. The highest BCUT2D eigenvalue weighted by Crippen LogP contribution is 2.12. The molecule has 0 spiro atoms. The Kier molecular flexibility index (Phi) is 4.05. The van der Waals surface area contributed by atoms with E-state index in [-0.39, 0.29) is 5.75 Å². The van der Waals surface area contributed by atoms with Gasteiger partial charge in [-0.05, 0) is 12.1 Å². The Bertz CT molecular complexity index is 306. The zero-order chi connectivity index (χ0) is 9.68. The number of hydrogen-bond acceptors (Lipinski definition) is 3. The van der Waals surface area contributed by atoms with Crippen LogP contribution in [0.4, 0.5) is 0 Å². The number of aliphatic carboxylic acids is 1. The largest absolute Gasteiger partial charge is 0.481 e. The smallest absolute Gasteiger partial charge is 0.313 e. The van der Waals surface area contributed by atoms with Gasteiger partial charge < -0.3 is 5.11 Å². The number of pyridine rings is 1. The highest BCUT2D eigenvalue weighted by Gasteiger charge is 1.99. The molecule has 0 radical (unpaired) electrons. The van der Waals surface area contributed by atoms with Crippen molar-refractivity contribution in [3.63, 3.8) is 0 Å². The topological polar surface area (TPSA) is 50.2 Å². The normalized spacial score (nSPS) is 9.92. The minimum atomic E-state index is -0.813. The molecule has 1 aromatic rings. The van der Waals surface area contributed by atoms with Crippen molar-refractivity contribution in [3.8, 4) is 0 Å². The number of hydrogen-bond donors (Lipinski definition) is 1. The van der Waals surface area contributed by atoms with Gasteiger partial charge in [0, 0.05) is 5.75 Å². The Morgan fingerprint density at radius 3 is 3.00 bits per heavy atom. The van der Waals surface area contributed by atoms with Crippen LogP contribution in [0.15, 0.2) is 18.2 Å². The van der Waals surface area contributed by atoms with E-state index in [1.807, 2.05) is 6.07 Å². The van der Waals surface area contributed by atoms with Gasteiger partial charge in [0.05, 0.1) is 11.4 Å². The predicted molar refractivity (Wildman–Crippen MR) is 53.0 cm³/mol. The predicted octanol–water partition coefficient (Wildman–Crippen LogP) is 2.05. The molecule has 1 heterocycles. The Hall–Kier alpha value is -0.740. The first kappa shape index (κ1) is 10.3. The molecule has 0 bridgehead atoms. The summed E-state index contributed by atoms with van der Waals surface area (Å²) in [5, 5.41) is 8.82. The summed E-state index contributed by atoms with van der Waals surface area (Å²) in [5.74, 6) is -0.145. The molecule has 0 amide bonds. The molecular weight excluding hydrogens is 210 g/mol. The summed E-state index contributed by atoms with van der Waals surface area (Å²) in [5.41, 5.74) is 0.804. The molecule has 1 rings (SSSR count). The summed E-state index contributed by atoms with van der Waals surface area (Å²) in [6.45, 7) is 0. The summed E-state index contributed by atoms with van der Waals surface area (Å²) in [7, 11) is 0. The van der Waals surface area contributed by atoms with Crippen LogP contribution in [0.5, 0.6) is 0 Å². The summed E-state index contributed by atoms with van der Waals surface area (Å²) < 4.78 is 0. The van der Waals surface area contributed by atoms with Gasteiger partial charge in [0.1, 0.15) is 5.15 Å². The second-order valence-corrected chi connectivity index (χ2v) is 3.71. The molecule has 0 atom stereocenters. The first-order valence-corrected chi connectivity index (χ1v) is 5.13. The Morgan fingerprint density at radius 1 is 1.62 bits per heavy atom. The lowest BCUT2D eigenvalue weighted by molar-refractivity contribution is -0.133. The number of halogens is 1. The van der Waals surface area contributed by atoms with E-state index >= 15 is 0 Å². The SMILES string of the molecule is O=C(O)CSCc1cccc(Cl)n1. The maximum absolute atomic E-state index is 10.2. The van der Waals surface area contributed by atoms with Gasteiger partial charge in [-0.2, -0.15) is 0 Å². The molecule has 0 aliphatic rings. The summed E-state index contributed by atoms with van der Waals surface area (Å²) in [6.07, 6.45) is 0. The lowest BCUT2D eigenvalue weighted by Crippen LogP contribution is -1.98. The van der Waals surface area contributed by atoms with E-state index in [9.17, 15) is 4.79 Å². The van der Waals surface area contributed by atoms with Crippen molar-refractivity contribution >= 4 is 29.3 Å². The van der Waals surface area contributed by atoms with Crippen LogP contribution >= 0.6 is 23.4 Å². The molecule has 70 valence electrons. The molecule has 3 nitrogen and oxygen atoms in total. The van der Waals surface area contributed by atoms with E-state index in [4.69, 9.17) is 16.7 Å². The van der Waals surface area contributed by atoms with Crippen LogP contribution in [0, 0.1) is 0 Å². The van der Waals surface area contributed by atoms with Crippen LogP contribution in [0.1, 0.15) is 5.69 Å². The van der Waals surface area contributed by atoms with Gasteiger partial charge in [0.2, 0.25) is 0 Å². The van der Waals surface area contributed by atoms with Crippen LogP contribution in [-0.2, 0) is 10.5 Å². The maximum atomic E-state index is 10.2. The average molecular weight is 218 g/mol. The molecule has 0 saturated carbocycles. The number of carboxylic acids is 1. The molecule has 0 aliphatic heterocycles. The van der Waals surface area contributed by atoms with Gasteiger partial charge >= 0.3 is 5.97 Å². The number of rotatable bonds is 4. The zero-order valence-electron chi connectivity index (χ0n) is 6.74. The van der Waals surface area contributed by atoms with Crippen LogP contribution in [0.3, 0.4) is 0 Å². The highest BCUT2D eigenvalue weighted by molar-refractivity contribution is 7.99. The molecule has 0 saturated heterocycles. The van der Waals surface area contributed by atoms with Crippen LogP contribution in [0.25, 0.3) is 0 Å². The van der Waals surface area contributed by atoms with Crippen LogP contribution in [-0.4, -0.2) is 21.8 Å². The van der Waals surface area contributed by atoms with Crippen molar-refractivity contribution in [2.75, 3.05) is 5.75 Å². The quantitative estimate of drug-likeness (QED) is 0.785. The monoisotopic (exact) mass is 217 g/mol. The molecule has 0 fully saturated rings. The standard InChI is InChI=1S/C8H8ClNO2S/c9-7-3-1-2-6(10-7)4-13-5-8(11)12/h1-3H,4-5H2,(H,11,12). The molecule has 1 N–H and O–H groups in total. The van der Waals surface area contributed by atoms with Crippen molar-refractivity contribution in [2.24, 2.45) is 0 Å². The first-order chi connectivity index (χ1) is 6.18. The van der Waals surface area contributed by atoms with E-state index in [0.717, 1.165) is 5.69 Å². The van der Waals surface area contributed by atoms with Crippen molar-refractivity contribution in [3.05, 3.63) is 29.0 Å². The van der Waals surface area contributed by atoms with Crippen molar-refractivity contribution < 1.29 is 9.90 Å². The summed E-state index contributed by atoms with van der Waals surface area (Å²) in [6, 6.07) is 5.31. The minimum Gasteiger partial charge on any atom is -0.481 e. The van der Waals surface area contributed by atoms with E-state index < -0.39 is 5.97 Å². The van der Waals surface area contributed by atoms with E-state index in [0.29, 0.717) is 10.9 Å².